The van der Waals surface area contributed by atoms with E-state index >= 15 is 0 Å². The number of likely N-dealkylation sites (tertiary alicyclic amines) is 1. The highest BCUT2D eigenvalue weighted by Crippen LogP contribution is 2.20. The van der Waals surface area contributed by atoms with Crippen LogP contribution in [0.4, 0.5) is 0 Å². The molecule has 2 atom stereocenters. The van der Waals surface area contributed by atoms with Crippen molar-refractivity contribution in [1.82, 2.24) is 4.90 Å². The Labute approximate surface area is 69.8 Å². The molecule has 0 saturated carbocycles. The highest BCUT2D eigenvalue weighted by Gasteiger charge is 2.26. The lowest BCUT2D eigenvalue weighted by Crippen LogP contribution is -2.32. The van der Waals surface area contributed by atoms with Gasteiger partial charge in [-0.2, -0.15) is 0 Å². The van der Waals surface area contributed by atoms with Crippen molar-refractivity contribution in [1.29, 1.82) is 0 Å². The topological polar surface area (TPSA) is 29.3 Å². The second-order valence-electron chi connectivity index (χ2n) is 4.00. The molecule has 2 heteroatoms. The van der Waals surface area contributed by atoms with Crippen molar-refractivity contribution in [2.75, 3.05) is 13.1 Å². The summed E-state index contributed by atoms with van der Waals surface area (Å²) in [7, 11) is 0. The predicted molar refractivity (Wildman–Crippen MR) is 48.5 cm³/mol. The van der Waals surface area contributed by atoms with Crippen LogP contribution in [-0.4, -0.2) is 30.1 Å². The lowest BCUT2D eigenvalue weighted by atomic mass is 10.0. The molecule has 0 aromatic rings. The third-order valence-corrected chi connectivity index (χ3v) is 2.73. The third-order valence-electron chi connectivity index (χ3n) is 2.73. The normalized spacial score (nSPS) is 29.7. The minimum atomic E-state index is 0.374. The van der Waals surface area contributed by atoms with E-state index in [1.165, 1.54) is 19.5 Å². The van der Waals surface area contributed by atoms with E-state index in [4.69, 9.17) is 5.73 Å². The molecule has 0 radical (unpaired) electrons. The van der Waals surface area contributed by atoms with Crippen molar-refractivity contribution in [2.24, 2.45) is 11.7 Å². The zero-order valence-corrected chi connectivity index (χ0v) is 7.88. The summed E-state index contributed by atoms with van der Waals surface area (Å²) >= 11 is 0. The number of hydrogen-bond donors (Lipinski definition) is 1. The molecule has 66 valence electrons. The summed E-state index contributed by atoms with van der Waals surface area (Å²) in [5.74, 6) is 0.734. The van der Waals surface area contributed by atoms with Crippen molar-refractivity contribution in [2.45, 2.75) is 39.3 Å². The largest absolute Gasteiger partial charge is 0.328 e. The molecule has 2 nitrogen and oxygen atoms in total. The molecule has 11 heavy (non-hydrogen) atoms. The lowest BCUT2D eigenvalue weighted by molar-refractivity contribution is 0.260. The van der Waals surface area contributed by atoms with E-state index in [1.807, 2.05) is 0 Å². The zero-order chi connectivity index (χ0) is 8.43. The van der Waals surface area contributed by atoms with E-state index < -0.39 is 0 Å². The SMILES string of the molecule is CC(N)C1CCN(C(C)C)C1. The summed E-state index contributed by atoms with van der Waals surface area (Å²) in [6.45, 7) is 9.07. The van der Waals surface area contributed by atoms with Crippen LogP contribution in [0.25, 0.3) is 0 Å². The minimum absolute atomic E-state index is 0.374. The second kappa shape index (κ2) is 3.55. The minimum Gasteiger partial charge on any atom is -0.328 e. The quantitative estimate of drug-likeness (QED) is 0.648. The van der Waals surface area contributed by atoms with Crippen molar-refractivity contribution in [3.8, 4) is 0 Å². The van der Waals surface area contributed by atoms with E-state index in [9.17, 15) is 0 Å². The van der Waals surface area contributed by atoms with Gasteiger partial charge in [0.05, 0.1) is 0 Å². The Kier molecular flexibility index (Phi) is 2.90. The van der Waals surface area contributed by atoms with Gasteiger partial charge in [0.1, 0.15) is 0 Å². The van der Waals surface area contributed by atoms with Gasteiger partial charge in [-0.15, -0.1) is 0 Å². The molecule has 1 heterocycles. The van der Waals surface area contributed by atoms with Gasteiger partial charge < -0.3 is 10.6 Å². The summed E-state index contributed by atoms with van der Waals surface area (Å²) in [4.78, 5) is 2.51. The fourth-order valence-corrected chi connectivity index (χ4v) is 1.71. The second-order valence-corrected chi connectivity index (χ2v) is 4.00. The molecule has 1 rings (SSSR count). The monoisotopic (exact) mass is 156 g/mol. The molecule has 0 spiro atoms. The summed E-state index contributed by atoms with van der Waals surface area (Å²) < 4.78 is 0. The van der Waals surface area contributed by atoms with Crippen LogP contribution in [0.1, 0.15) is 27.2 Å². The Morgan fingerprint density at radius 3 is 2.27 bits per heavy atom. The number of hydrogen-bond acceptors (Lipinski definition) is 2. The van der Waals surface area contributed by atoms with Gasteiger partial charge in [-0.3, -0.25) is 0 Å². The number of nitrogens with zero attached hydrogens (tertiary/aromatic N) is 1. The average Bonchev–Trinajstić information content (AvgIpc) is 2.33. The molecule has 1 saturated heterocycles. The van der Waals surface area contributed by atoms with Gasteiger partial charge in [0.25, 0.3) is 0 Å². The Morgan fingerprint density at radius 1 is 1.36 bits per heavy atom. The molecule has 2 unspecified atom stereocenters. The molecule has 0 aromatic heterocycles. The summed E-state index contributed by atoms with van der Waals surface area (Å²) in [5.41, 5.74) is 5.83. The zero-order valence-electron chi connectivity index (χ0n) is 7.88. The highest BCUT2D eigenvalue weighted by atomic mass is 15.2. The highest BCUT2D eigenvalue weighted by molar-refractivity contribution is 4.82. The molecule has 0 aliphatic carbocycles. The predicted octanol–water partition coefficient (Wildman–Crippen LogP) is 1.06. The van der Waals surface area contributed by atoms with Gasteiger partial charge in [-0.25, -0.2) is 0 Å². The lowest BCUT2D eigenvalue weighted by Gasteiger charge is -2.21. The summed E-state index contributed by atoms with van der Waals surface area (Å²) in [5, 5.41) is 0. The van der Waals surface area contributed by atoms with Crippen LogP contribution in [-0.2, 0) is 0 Å². The Hall–Kier alpha value is -0.0800. The standard InChI is InChI=1S/C9H20N2/c1-7(2)11-5-4-9(6-11)8(3)10/h7-9H,4-6,10H2,1-3H3. The maximum Gasteiger partial charge on any atom is 0.00514 e. The van der Waals surface area contributed by atoms with Crippen molar-refractivity contribution < 1.29 is 0 Å². The van der Waals surface area contributed by atoms with Gasteiger partial charge >= 0.3 is 0 Å². The van der Waals surface area contributed by atoms with Crippen LogP contribution >= 0.6 is 0 Å². The van der Waals surface area contributed by atoms with E-state index in [0.717, 1.165) is 5.92 Å². The van der Waals surface area contributed by atoms with Crippen LogP contribution in [0.2, 0.25) is 0 Å². The molecular formula is C9H20N2. The maximum absolute atomic E-state index is 5.83. The van der Waals surface area contributed by atoms with Crippen LogP contribution < -0.4 is 5.73 Å². The summed E-state index contributed by atoms with van der Waals surface area (Å²) in [6.07, 6.45) is 1.29. The molecule has 0 bridgehead atoms. The van der Waals surface area contributed by atoms with Gasteiger partial charge in [0, 0.05) is 18.6 Å². The van der Waals surface area contributed by atoms with E-state index in [-0.39, 0.29) is 0 Å². The average molecular weight is 156 g/mol. The molecular weight excluding hydrogens is 136 g/mol. The van der Waals surface area contributed by atoms with Crippen molar-refractivity contribution >= 4 is 0 Å². The molecule has 2 N–H and O–H groups in total. The van der Waals surface area contributed by atoms with E-state index in [0.29, 0.717) is 12.1 Å². The first kappa shape index (κ1) is 9.01. The fourth-order valence-electron chi connectivity index (χ4n) is 1.71. The number of nitrogens with two attached hydrogens (primary N) is 1. The molecule has 0 aromatic carbocycles. The fraction of sp³-hybridized carbons (Fsp3) is 1.00. The maximum atomic E-state index is 5.83. The first-order valence-electron chi connectivity index (χ1n) is 4.61. The van der Waals surface area contributed by atoms with Crippen LogP contribution in [0.15, 0.2) is 0 Å². The molecule has 1 aliphatic heterocycles. The van der Waals surface area contributed by atoms with Crippen LogP contribution in [0.3, 0.4) is 0 Å². The molecule has 1 aliphatic rings. The molecule has 1 fully saturated rings. The van der Waals surface area contributed by atoms with Gasteiger partial charge in [0.2, 0.25) is 0 Å². The third kappa shape index (κ3) is 2.17. The smallest absolute Gasteiger partial charge is 0.00514 e. The molecule has 0 amide bonds. The van der Waals surface area contributed by atoms with Gasteiger partial charge in [-0.1, -0.05) is 0 Å². The Balaban J connectivity index is 2.35. The Bertz CT molecular complexity index is 107. The summed E-state index contributed by atoms with van der Waals surface area (Å²) in [6, 6.07) is 1.07. The van der Waals surface area contributed by atoms with Crippen LogP contribution in [0.5, 0.6) is 0 Å². The number of rotatable bonds is 2. The van der Waals surface area contributed by atoms with Crippen molar-refractivity contribution in [3.05, 3.63) is 0 Å². The van der Waals surface area contributed by atoms with E-state index in [1.54, 1.807) is 0 Å². The Morgan fingerprint density at radius 2 is 2.00 bits per heavy atom. The van der Waals surface area contributed by atoms with Gasteiger partial charge in [0.15, 0.2) is 0 Å². The van der Waals surface area contributed by atoms with E-state index in [2.05, 4.69) is 25.7 Å². The first-order chi connectivity index (χ1) is 5.11. The van der Waals surface area contributed by atoms with Crippen molar-refractivity contribution in [3.63, 3.8) is 0 Å². The van der Waals surface area contributed by atoms with Gasteiger partial charge in [-0.05, 0) is 39.7 Å². The van der Waals surface area contributed by atoms with Crippen LogP contribution in [0, 0.1) is 5.92 Å². The first-order valence-corrected chi connectivity index (χ1v) is 4.61.